The minimum atomic E-state index is 0.586. The topological polar surface area (TPSA) is 50.1 Å². The normalized spacial score (nSPS) is 13.2. The smallest absolute Gasteiger partial charge is 0.203 e. The molecule has 0 aliphatic heterocycles. The molecule has 0 amide bonds. The van der Waals surface area contributed by atoms with Crippen LogP contribution in [0.3, 0.4) is 0 Å². The SMILES string of the molecule is COc1ccc2c(C)c(C(=C3CCC3)c3cc(OC)c(OC)c(OC)c3)oc2c1. The van der Waals surface area contributed by atoms with Crippen molar-refractivity contribution in [2.75, 3.05) is 28.4 Å². The van der Waals surface area contributed by atoms with Crippen molar-refractivity contribution in [1.29, 1.82) is 0 Å². The highest BCUT2D eigenvalue weighted by Crippen LogP contribution is 2.46. The van der Waals surface area contributed by atoms with E-state index in [0.29, 0.717) is 17.2 Å². The molecule has 1 fully saturated rings. The van der Waals surface area contributed by atoms with Crippen LogP contribution in [0.5, 0.6) is 23.0 Å². The second-order valence-electron chi connectivity index (χ2n) is 7.16. The molecule has 0 spiro atoms. The van der Waals surface area contributed by atoms with Crippen LogP contribution in [0.4, 0.5) is 0 Å². The summed E-state index contributed by atoms with van der Waals surface area (Å²) in [6.45, 7) is 2.10. The summed E-state index contributed by atoms with van der Waals surface area (Å²) in [5.74, 6) is 3.52. The molecule has 1 heterocycles. The summed E-state index contributed by atoms with van der Waals surface area (Å²) in [5, 5.41) is 1.09. The highest BCUT2D eigenvalue weighted by Gasteiger charge is 2.25. The van der Waals surface area contributed by atoms with Crippen LogP contribution >= 0.6 is 0 Å². The number of hydrogen-bond donors (Lipinski definition) is 0. The van der Waals surface area contributed by atoms with Crippen LogP contribution in [-0.4, -0.2) is 28.4 Å². The van der Waals surface area contributed by atoms with E-state index in [1.165, 1.54) is 12.0 Å². The number of hydrogen-bond acceptors (Lipinski definition) is 5. The first-order valence-electron chi connectivity index (χ1n) is 9.71. The molecule has 0 unspecified atom stereocenters. The Morgan fingerprint density at radius 1 is 0.862 bits per heavy atom. The number of ether oxygens (including phenoxy) is 4. The predicted octanol–water partition coefficient (Wildman–Crippen LogP) is 5.76. The van der Waals surface area contributed by atoms with E-state index in [-0.39, 0.29) is 0 Å². The zero-order valence-electron chi connectivity index (χ0n) is 17.5. The minimum absolute atomic E-state index is 0.586. The summed E-state index contributed by atoms with van der Waals surface area (Å²) < 4.78 is 28.4. The van der Waals surface area contributed by atoms with Crippen molar-refractivity contribution in [1.82, 2.24) is 0 Å². The number of methoxy groups -OCH3 is 4. The molecular formula is C24H26O5. The van der Waals surface area contributed by atoms with Gasteiger partial charge in [0.05, 0.1) is 28.4 Å². The van der Waals surface area contributed by atoms with Crippen molar-refractivity contribution in [3.63, 3.8) is 0 Å². The van der Waals surface area contributed by atoms with E-state index in [4.69, 9.17) is 23.4 Å². The summed E-state index contributed by atoms with van der Waals surface area (Å²) >= 11 is 0. The number of fused-ring (bicyclic) bond motifs is 1. The quantitative estimate of drug-likeness (QED) is 0.532. The van der Waals surface area contributed by atoms with Crippen LogP contribution in [-0.2, 0) is 0 Å². The predicted molar refractivity (Wildman–Crippen MR) is 113 cm³/mol. The Morgan fingerprint density at radius 2 is 1.55 bits per heavy atom. The Bertz CT molecular complexity index is 1060. The number of allylic oxidation sites excluding steroid dienone is 1. The molecule has 0 atom stereocenters. The van der Waals surface area contributed by atoms with E-state index in [2.05, 4.69) is 13.0 Å². The molecule has 0 saturated heterocycles. The Hall–Kier alpha value is -3.08. The van der Waals surface area contributed by atoms with Gasteiger partial charge in [0.2, 0.25) is 5.75 Å². The highest BCUT2D eigenvalue weighted by molar-refractivity contribution is 5.92. The average Bonchev–Trinajstić information content (AvgIpc) is 3.04. The first-order chi connectivity index (χ1) is 14.1. The molecule has 5 nitrogen and oxygen atoms in total. The lowest BCUT2D eigenvalue weighted by Crippen LogP contribution is -2.04. The van der Waals surface area contributed by atoms with E-state index in [0.717, 1.165) is 52.0 Å². The van der Waals surface area contributed by atoms with Gasteiger partial charge in [0.15, 0.2) is 11.5 Å². The Labute approximate surface area is 170 Å². The van der Waals surface area contributed by atoms with Gasteiger partial charge in [0.25, 0.3) is 0 Å². The van der Waals surface area contributed by atoms with Gasteiger partial charge in [-0.2, -0.15) is 0 Å². The molecule has 5 heteroatoms. The van der Waals surface area contributed by atoms with Crippen LogP contribution in [0.2, 0.25) is 0 Å². The van der Waals surface area contributed by atoms with Crippen LogP contribution in [0.25, 0.3) is 16.5 Å². The average molecular weight is 394 g/mol. The highest BCUT2D eigenvalue weighted by atomic mass is 16.5. The van der Waals surface area contributed by atoms with Gasteiger partial charge in [-0.15, -0.1) is 0 Å². The van der Waals surface area contributed by atoms with Crippen LogP contribution < -0.4 is 18.9 Å². The molecule has 0 radical (unpaired) electrons. The minimum Gasteiger partial charge on any atom is -0.497 e. The molecule has 1 aromatic heterocycles. The summed E-state index contributed by atoms with van der Waals surface area (Å²) in [5.41, 5.74) is 5.44. The van der Waals surface area contributed by atoms with Gasteiger partial charge in [-0.05, 0) is 56.0 Å². The van der Waals surface area contributed by atoms with Gasteiger partial charge in [0, 0.05) is 22.6 Å². The number of aryl methyl sites for hydroxylation is 1. The third kappa shape index (κ3) is 3.20. The summed E-state index contributed by atoms with van der Waals surface area (Å²) in [4.78, 5) is 0. The largest absolute Gasteiger partial charge is 0.497 e. The summed E-state index contributed by atoms with van der Waals surface area (Å²) in [7, 11) is 6.55. The third-order valence-electron chi connectivity index (χ3n) is 5.64. The Morgan fingerprint density at radius 3 is 2.07 bits per heavy atom. The first-order valence-corrected chi connectivity index (χ1v) is 9.71. The molecule has 2 aromatic carbocycles. The fourth-order valence-electron chi connectivity index (χ4n) is 3.90. The second kappa shape index (κ2) is 7.74. The van der Waals surface area contributed by atoms with Gasteiger partial charge >= 0.3 is 0 Å². The maximum atomic E-state index is 6.37. The lowest BCUT2D eigenvalue weighted by molar-refractivity contribution is 0.324. The molecule has 1 aliphatic carbocycles. The lowest BCUT2D eigenvalue weighted by Gasteiger charge is -2.23. The third-order valence-corrected chi connectivity index (χ3v) is 5.64. The molecule has 0 bridgehead atoms. The van der Waals surface area contributed by atoms with Crippen molar-refractivity contribution in [3.8, 4) is 23.0 Å². The van der Waals surface area contributed by atoms with E-state index >= 15 is 0 Å². The fourth-order valence-corrected chi connectivity index (χ4v) is 3.90. The lowest BCUT2D eigenvalue weighted by atomic mass is 9.83. The van der Waals surface area contributed by atoms with Crippen molar-refractivity contribution in [2.45, 2.75) is 26.2 Å². The van der Waals surface area contributed by atoms with Gasteiger partial charge < -0.3 is 23.4 Å². The Kier molecular flexibility index (Phi) is 5.14. The van der Waals surface area contributed by atoms with Crippen molar-refractivity contribution in [3.05, 3.63) is 52.8 Å². The maximum absolute atomic E-state index is 6.37. The molecule has 4 rings (SSSR count). The van der Waals surface area contributed by atoms with E-state index < -0.39 is 0 Å². The first kappa shape index (κ1) is 19.2. The number of rotatable bonds is 6. The number of furan rings is 1. The van der Waals surface area contributed by atoms with E-state index in [1.54, 1.807) is 28.4 Å². The molecule has 1 saturated carbocycles. The van der Waals surface area contributed by atoms with Crippen LogP contribution in [0.15, 0.2) is 40.3 Å². The summed E-state index contributed by atoms with van der Waals surface area (Å²) in [6, 6.07) is 9.94. The molecule has 0 N–H and O–H groups in total. The van der Waals surface area contributed by atoms with Gasteiger partial charge in [-0.1, -0.05) is 5.57 Å². The van der Waals surface area contributed by atoms with Gasteiger partial charge in [-0.25, -0.2) is 0 Å². The van der Waals surface area contributed by atoms with Crippen molar-refractivity contribution in [2.24, 2.45) is 0 Å². The fraction of sp³-hybridized carbons (Fsp3) is 0.333. The summed E-state index contributed by atoms with van der Waals surface area (Å²) in [6.07, 6.45) is 3.31. The molecule has 1 aliphatic rings. The molecular weight excluding hydrogens is 368 g/mol. The monoisotopic (exact) mass is 394 g/mol. The number of benzene rings is 2. The molecule has 3 aromatic rings. The second-order valence-corrected chi connectivity index (χ2v) is 7.16. The van der Waals surface area contributed by atoms with Gasteiger partial charge in [0.1, 0.15) is 17.1 Å². The van der Waals surface area contributed by atoms with Crippen LogP contribution in [0, 0.1) is 6.92 Å². The standard InChI is InChI=1S/C24H26O5/c1-14-18-10-9-17(25-2)13-19(18)29-23(14)22(15-7-6-8-15)16-11-20(26-3)24(28-5)21(12-16)27-4/h9-13H,6-8H2,1-5H3. The maximum Gasteiger partial charge on any atom is 0.203 e. The molecule has 29 heavy (non-hydrogen) atoms. The zero-order chi connectivity index (χ0) is 20.5. The van der Waals surface area contributed by atoms with E-state index in [1.807, 2.05) is 24.3 Å². The molecule has 152 valence electrons. The Balaban J connectivity index is 1.94. The van der Waals surface area contributed by atoms with Crippen molar-refractivity contribution >= 4 is 16.5 Å². The van der Waals surface area contributed by atoms with Crippen LogP contribution in [0.1, 0.15) is 36.1 Å². The zero-order valence-corrected chi connectivity index (χ0v) is 17.5. The van der Waals surface area contributed by atoms with Gasteiger partial charge in [-0.3, -0.25) is 0 Å². The van der Waals surface area contributed by atoms with E-state index in [9.17, 15) is 0 Å². The van der Waals surface area contributed by atoms with Crippen molar-refractivity contribution < 1.29 is 23.4 Å².